The second-order valence-corrected chi connectivity index (χ2v) is 6.15. The first-order valence-electron chi connectivity index (χ1n) is 8.22. The predicted octanol–water partition coefficient (Wildman–Crippen LogP) is 3.34. The van der Waals surface area contributed by atoms with Crippen molar-refractivity contribution in [3.05, 3.63) is 71.0 Å². The van der Waals surface area contributed by atoms with E-state index in [0.717, 1.165) is 5.52 Å². The zero-order valence-electron chi connectivity index (χ0n) is 14.4. The number of hydrogen-bond donors (Lipinski definition) is 1. The molecule has 7 heteroatoms. The summed E-state index contributed by atoms with van der Waals surface area (Å²) in [6.45, 7) is 4.47. The molecule has 2 aromatic carbocycles. The van der Waals surface area contributed by atoms with Gasteiger partial charge in [-0.15, -0.1) is 5.10 Å². The molecule has 7 nitrogen and oxygen atoms in total. The summed E-state index contributed by atoms with van der Waals surface area (Å²) in [5, 5.41) is 14.9. The van der Waals surface area contributed by atoms with Gasteiger partial charge < -0.3 is 9.84 Å². The van der Waals surface area contributed by atoms with Gasteiger partial charge in [0, 0.05) is 11.6 Å². The zero-order valence-corrected chi connectivity index (χ0v) is 14.4. The number of fused-ring (bicyclic) bond motifs is 1. The van der Waals surface area contributed by atoms with Gasteiger partial charge in [0.05, 0.1) is 12.1 Å². The first-order valence-corrected chi connectivity index (χ1v) is 8.22. The van der Waals surface area contributed by atoms with Gasteiger partial charge >= 0.3 is 0 Å². The Kier molecular flexibility index (Phi) is 3.96. The van der Waals surface area contributed by atoms with Crippen molar-refractivity contribution in [1.82, 2.24) is 20.2 Å². The number of aryl methyl sites for hydroxylation is 2. The molecule has 0 bridgehead atoms. The van der Waals surface area contributed by atoms with E-state index in [1.165, 1.54) is 11.1 Å². The van der Waals surface area contributed by atoms with E-state index < -0.39 is 0 Å². The average molecular weight is 347 g/mol. The van der Waals surface area contributed by atoms with E-state index in [4.69, 9.17) is 4.52 Å². The Morgan fingerprint density at radius 1 is 1.15 bits per heavy atom. The molecule has 0 unspecified atom stereocenters. The summed E-state index contributed by atoms with van der Waals surface area (Å²) in [6.07, 6.45) is 0. The Morgan fingerprint density at radius 3 is 2.77 bits per heavy atom. The van der Waals surface area contributed by atoms with Crippen LogP contribution in [0.4, 0.5) is 5.82 Å². The predicted molar refractivity (Wildman–Crippen MR) is 97.0 cm³/mol. The third-order valence-electron chi connectivity index (χ3n) is 4.23. The number of amides is 1. The fourth-order valence-electron chi connectivity index (χ4n) is 2.79. The Balaban J connectivity index is 1.59. The molecule has 0 saturated heterocycles. The van der Waals surface area contributed by atoms with Crippen LogP contribution in [-0.2, 0) is 6.54 Å². The number of nitrogens with zero attached hydrogens (tertiary/aromatic N) is 4. The van der Waals surface area contributed by atoms with Gasteiger partial charge in [0.15, 0.2) is 5.82 Å². The number of carbonyl (C=O) groups is 1. The normalized spacial score (nSPS) is 11.0. The van der Waals surface area contributed by atoms with E-state index in [2.05, 4.69) is 39.8 Å². The summed E-state index contributed by atoms with van der Waals surface area (Å²) in [4.78, 5) is 12.4. The molecule has 26 heavy (non-hydrogen) atoms. The number of aromatic nitrogens is 4. The molecule has 0 spiro atoms. The van der Waals surface area contributed by atoms with Crippen LogP contribution in [0.25, 0.3) is 11.0 Å². The van der Waals surface area contributed by atoms with E-state index in [-0.39, 0.29) is 5.91 Å². The van der Waals surface area contributed by atoms with Crippen molar-refractivity contribution >= 4 is 22.8 Å². The molecule has 0 atom stereocenters. The van der Waals surface area contributed by atoms with E-state index in [0.29, 0.717) is 29.2 Å². The first kappa shape index (κ1) is 16.0. The summed E-state index contributed by atoms with van der Waals surface area (Å²) in [6, 6.07) is 15.2. The van der Waals surface area contributed by atoms with Crippen molar-refractivity contribution in [3.8, 4) is 0 Å². The molecule has 0 aliphatic carbocycles. The van der Waals surface area contributed by atoms with Crippen LogP contribution in [0.3, 0.4) is 0 Å². The minimum absolute atomic E-state index is 0.270. The molecule has 130 valence electrons. The SMILES string of the molecule is Cc1cc(NC(=O)c2ccc3c(c2)nnn3Cc2ccccc2C)no1. The van der Waals surface area contributed by atoms with Crippen molar-refractivity contribution < 1.29 is 9.32 Å². The zero-order chi connectivity index (χ0) is 18.1. The van der Waals surface area contributed by atoms with Crippen LogP contribution in [0, 0.1) is 13.8 Å². The van der Waals surface area contributed by atoms with E-state index in [1.807, 2.05) is 22.9 Å². The van der Waals surface area contributed by atoms with Crippen LogP contribution < -0.4 is 5.32 Å². The van der Waals surface area contributed by atoms with Crippen molar-refractivity contribution in [2.75, 3.05) is 5.32 Å². The molecule has 2 aromatic heterocycles. The standard InChI is InChI=1S/C19H17N5O2/c1-12-5-3-4-6-15(12)11-24-17-8-7-14(10-16(17)21-23-24)19(25)20-18-9-13(2)26-22-18/h3-10H,11H2,1-2H3,(H,20,22,25). The maximum Gasteiger partial charge on any atom is 0.256 e. The quantitative estimate of drug-likeness (QED) is 0.612. The largest absolute Gasteiger partial charge is 0.360 e. The highest BCUT2D eigenvalue weighted by molar-refractivity contribution is 6.05. The number of anilines is 1. The molecule has 2 heterocycles. The lowest BCUT2D eigenvalue weighted by Crippen LogP contribution is -2.12. The third kappa shape index (κ3) is 3.06. The highest BCUT2D eigenvalue weighted by Crippen LogP contribution is 2.17. The smallest absolute Gasteiger partial charge is 0.256 e. The van der Waals surface area contributed by atoms with Crippen LogP contribution in [0.5, 0.6) is 0 Å². The van der Waals surface area contributed by atoms with Gasteiger partial charge in [0.25, 0.3) is 5.91 Å². The Labute approximate surface area is 149 Å². The number of nitrogens with one attached hydrogen (secondary N) is 1. The molecular weight excluding hydrogens is 330 g/mol. The van der Waals surface area contributed by atoms with Gasteiger partial charge in [-0.25, -0.2) is 4.68 Å². The average Bonchev–Trinajstić information content (AvgIpc) is 3.22. The topological polar surface area (TPSA) is 85.8 Å². The van der Waals surface area contributed by atoms with Crippen LogP contribution in [0.1, 0.15) is 27.2 Å². The van der Waals surface area contributed by atoms with Crippen LogP contribution in [0.15, 0.2) is 53.1 Å². The van der Waals surface area contributed by atoms with Gasteiger partial charge in [-0.2, -0.15) is 0 Å². The number of hydrogen-bond acceptors (Lipinski definition) is 5. The van der Waals surface area contributed by atoms with E-state index in [9.17, 15) is 4.79 Å². The number of benzene rings is 2. The van der Waals surface area contributed by atoms with Gasteiger partial charge in [-0.1, -0.05) is 34.6 Å². The van der Waals surface area contributed by atoms with Gasteiger partial charge in [0.1, 0.15) is 11.3 Å². The molecule has 1 N–H and O–H groups in total. The van der Waals surface area contributed by atoms with Gasteiger partial charge in [0.2, 0.25) is 0 Å². The molecule has 0 saturated carbocycles. The van der Waals surface area contributed by atoms with Gasteiger partial charge in [-0.05, 0) is 43.2 Å². The molecule has 0 fully saturated rings. The van der Waals surface area contributed by atoms with Crippen molar-refractivity contribution in [2.24, 2.45) is 0 Å². The lowest BCUT2D eigenvalue weighted by Gasteiger charge is -2.06. The number of rotatable bonds is 4. The van der Waals surface area contributed by atoms with Crippen molar-refractivity contribution in [2.45, 2.75) is 20.4 Å². The minimum atomic E-state index is -0.270. The van der Waals surface area contributed by atoms with E-state index in [1.54, 1.807) is 25.1 Å². The fraction of sp³-hybridized carbons (Fsp3) is 0.158. The molecule has 0 aliphatic heterocycles. The molecule has 1 amide bonds. The van der Waals surface area contributed by atoms with Crippen LogP contribution in [0.2, 0.25) is 0 Å². The van der Waals surface area contributed by atoms with Crippen molar-refractivity contribution in [3.63, 3.8) is 0 Å². The molecular formula is C19H17N5O2. The Hall–Kier alpha value is -3.48. The van der Waals surface area contributed by atoms with E-state index >= 15 is 0 Å². The lowest BCUT2D eigenvalue weighted by atomic mass is 10.1. The Morgan fingerprint density at radius 2 is 2.00 bits per heavy atom. The maximum atomic E-state index is 12.4. The molecule has 0 aliphatic rings. The Bertz CT molecular complexity index is 1100. The first-order chi connectivity index (χ1) is 12.6. The summed E-state index contributed by atoms with van der Waals surface area (Å²) < 4.78 is 6.78. The summed E-state index contributed by atoms with van der Waals surface area (Å²) in [7, 11) is 0. The highest BCUT2D eigenvalue weighted by atomic mass is 16.5. The summed E-state index contributed by atoms with van der Waals surface area (Å²) in [5.74, 6) is 0.749. The summed E-state index contributed by atoms with van der Waals surface area (Å²) in [5.41, 5.74) is 4.42. The molecule has 4 rings (SSSR count). The van der Waals surface area contributed by atoms with Crippen LogP contribution >= 0.6 is 0 Å². The maximum absolute atomic E-state index is 12.4. The van der Waals surface area contributed by atoms with Crippen molar-refractivity contribution in [1.29, 1.82) is 0 Å². The summed E-state index contributed by atoms with van der Waals surface area (Å²) >= 11 is 0. The fourth-order valence-corrected chi connectivity index (χ4v) is 2.79. The third-order valence-corrected chi connectivity index (χ3v) is 4.23. The second-order valence-electron chi connectivity index (χ2n) is 6.15. The monoisotopic (exact) mass is 347 g/mol. The van der Waals surface area contributed by atoms with Crippen LogP contribution in [-0.4, -0.2) is 26.1 Å². The lowest BCUT2D eigenvalue weighted by molar-refractivity contribution is 0.102. The minimum Gasteiger partial charge on any atom is -0.360 e. The number of carbonyl (C=O) groups excluding carboxylic acids is 1. The molecule has 0 radical (unpaired) electrons. The molecule has 4 aromatic rings. The highest BCUT2D eigenvalue weighted by Gasteiger charge is 2.12. The van der Waals surface area contributed by atoms with Gasteiger partial charge in [-0.3, -0.25) is 4.79 Å². The second kappa shape index (κ2) is 6.44.